The molecule has 0 radical (unpaired) electrons. The predicted octanol–water partition coefficient (Wildman–Crippen LogP) is 15.8. The van der Waals surface area contributed by atoms with Gasteiger partial charge in [-0.25, -0.2) is 4.98 Å². The van der Waals surface area contributed by atoms with Gasteiger partial charge in [0.1, 0.15) is 5.65 Å². The Labute approximate surface area is 421 Å². The molecule has 0 spiro atoms. The van der Waals surface area contributed by atoms with E-state index in [1.165, 1.54) is 120 Å². The third-order valence-electron chi connectivity index (χ3n) is 16.2. The van der Waals surface area contributed by atoms with E-state index >= 15 is 0 Å². The van der Waals surface area contributed by atoms with Gasteiger partial charge in [-0.3, -0.25) is 4.40 Å². The molecule has 14 rings (SSSR count). The minimum absolute atomic E-state index is 0.00326. The maximum absolute atomic E-state index is 5.28. The van der Waals surface area contributed by atoms with Gasteiger partial charge in [-0.05, 0) is 144 Å². The molecule has 4 nitrogen and oxygen atoms in total. The van der Waals surface area contributed by atoms with Crippen LogP contribution in [0.1, 0.15) is 105 Å². The van der Waals surface area contributed by atoms with E-state index in [1.54, 1.807) is 0 Å². The fraction of sp³-hybridized carbons (Fsp3) is 0.246. The highest BCUT2D eigenvalue weighted by atomic mass is 32.2. The van der Waals surface area contributed by atoms with E-state index in [2.05, 4.69) is 236 Å². The third-order valence-corrected chi connectivity index (χ3v) is 17.3. The van der Waals surface area contributed by atoms with Crippen LogP contribution in [0.5, 0.6) is 0 Å². The lowest BCUT2D eigenvalue weighted by Crippen LogP contribution is -2.61. The summed E-state index contributed by atoms with van der Waals surface area (Å²) in [5, 5.41) is 6.28. The third kappa shape index (κ3) is 6.04. The van der Waals surface area contributed by atoms with Gasteiger partial charge < -0.3 is 9.47 Å². The van der Waals surface area contributed by atoms with Crippen molar-refractivity contribution >= 4 is 112 Å². The molecule has 348 valence electrons. The fourth-order valence-electron chi connectivity index (χ4n) is 12.3. The number of imidazole rings is 1. The normalized spacial score (nSPS) is 14.4. The first-order valence-electron chi connectivity index (χ1n) is 25.6. The van der Waals surface area contributed by atoms with E-state index in [9.17, 15) is 0 Å². The second kappa shape index (κ2) is 14.0. The van der Waals surface area contributed by atoms with E-state index in [1.807, 2.05) is 11.8 Å². The number of fused-ring (bicyclic) bond motifs is 17. The molecule has 3 aliphatic rings. The molecule has 0 unspecified atom stereocenters. The van der Waals surface area contributed by atoms with Crippen LogP contribution in [0.15, 0.2) is 149 Å². The molecule has 3 aromatic heterocycles. The number of pyridine rings is 1. The Bertz CT molecular complexity index is 4200. The zero-order chi connectivity index (χ0) is 49.0. The van der Waals surface area contributed by atoms with Crippen LogP contribution in [0.2, 0.25) is 0 Å². The monoisotopic (exact) mass is 938 g/mol. The predicted molar refractivity (Wildman–Crippen MR) is 306 cm³/mol. The number of hydrogen-bond acceptors (Lipinski definition) is 3. The van der Waals surface area contributed by atoms with Crippen LogP contribution in [0, 0.1) is 0 Å². The smallest absolute Gasteiger partial charge is 0.252 e. The lowest BCUT2D eigenvalue weighted by atomic mass is 9.33. The molecule has 0 aliphatic carbocycles. The van der Waals surface area contributed by atoms with Gasteiger partial charge in [0, 0.05) is 48.2 Å². The van der Waals surface area contributed by atoms with Crippen molar-refractivity contribution in [1.29, 1.82) is 0 Å². The van der Waals surface area contributed by atoms with Crippen molar-refractivity contribution in [1.82, 2.24) is 14.0 Å². The van der Waals surface area contributed by atoms with Crippen molar-refractivity contribution in [2.45, 2.75) is 115 Å². The van der Waals surface area contributed by atoms with E-state index in [-0.39, 0.29) is 28.4 Å². The molecule has 8 aromatic carbocycles. The Kier molecular flexibility index (Phi) is 8.50. The van der Waals surface area contributed by atoms with Crippen molar-refractivity contribution in [3.05, 3.63) is 162 Å². The first-order valence-corrected chi connectivity index (χ1v) is 26.4. The molecule has 0 saturated heterocycles. The molecule has 71 heavy (non-hydrogen) atoms. The van der Waals surface area contributed by atoms with Gasteiger partial charge >= 0.3 is 0 Å². The molecule has 6 heterocycles. The van der Waals surface area contributed by atoms with E-state index in [0.29, 0.717) is 0 Å². The zero-order valence-corrected chi connectivity index (χ0v) is 43.9. The Morgan fingerprint density at radius 2 is 1.07 bits per heavy atom. The zero-order valence-electron chi connectivity index (χ0n) is 43.1. The molecular formula is C65H59BN4S. The van der Waals surface area contributed by atoms with E-state index < -0.39 is 0 Å². The van der Waals surface area contributed by atoms with Gasteiger partial charge in [-0.15, -0.1) is 0 Å². The Hall–Kier alpha value is -6.76. The lowest BCUT2D eigenvalue weighted by molar-refractivity contribution is 0.588. The Morgan fingerprint density at radius 3 is 1.83 bits per heavy atom. The van der Waals surface area contributed by atoms with Crippen LogP contribution >= 0.6 is 11.8 Å². The summed E-state index contributed by atoms with van der Waals surface area (Å²) in [6.07, 6.45) is 0. The molecule has 6 heteroatoms. The Morgan fingerprint density at radius 1 is 0.437 bits per heavy atom. The number of anilines is 3. The topological polar surface area (TPSA) is 25.5 Å². The summed E-state index contributed by atoms with van der Waals surface area (Å²) in [7, 11) is 0. The van der Waals surface area contributed by atoms with E-state index in [4.69, 9.17) is 4.98 Å². The second-order valence-corrected chi connectivity index (χ2v) is 26.0. The number of para-hydroxylation sites is 2. The van der Waals surface area contributed by atoms with Crippen LogP contribution in [0.25, 0.3) is 77.0 Å². The summed E-state index contributed by atoms with van der Waals surface area (Å²) in [6, 6.07) is 54.4. The highest BCUT2D eigenvalue weighted by molar-refractivity contribution is 7.99. The largest absolute Gasteiger partial charge is 0.310 e. The molecule has 0 bridgehead atoms. The van der Waals surface area contributed by atoms with Crippen LogP contribution in [-0.4, -0.2) is 20.7 Å². The van der Waals surface area contributed by atoms with Gasteiger partial charge in [0.15, 0.2) is 0 Å². The van der Waals surface area contributed by atoms with Crippen LogP contribution < -0.4 is 21.3 Å². The number of hydrogen-bond donors (Lipinski definition) is 0. The number of aromatic nitrogens is 3. The van der Waals surface area contributed by atoms with Gasteiger partial charge in [0.05, 0.1) is 33.4 Å². The molecule has 0 amide bonds. The van der Waals surface area contributed by atoms with Gasteiger partial charge in [0.2, 0.25) is 0 Å². The Balaban J connectivity index is 1.15. The van der Waals surface area contributed by atoms with Crippen LogP contribution in [0.3, 0.4) is 0 Å². The molecular weight excluding hydrogens is 880 g/mol. The summed E-state index contributed by atoms with van der Waals surface area (Å²) in [5.74, 6) is 0. The average molecular weight is 939 g/mol. The van der Waals surface area contributed by atoms with Gasteiger partial charge in [0.25, 0.3) is 6.71 Å². The van der Waals surface area contributed by atoms with Crippen molar-refractivity contribution < 1.29 is 0 Å². The first-order chi connectivity index (χ1) is 33.7. The van der Waals surface area contributed by atoms with Crippen LogP contribution in [0.4, 0.5) is 17.1 Å². The highest BCUT2D eigenvalue weighted by Gasteiger charge is 2.46. The van der Waals surface area contributed by atoms with Gasteiger partial charge in [-0.2, -0.15) is 0 Å². The molecule has 0 atom stereocenters. The average Bonchev–Trinajstić information content (AvgIpc) is 3.89. The molecule has 0 fully saturated rings. The second-order valence-electron chi connectivity index (χ2n) is 25.0. The maximum atomic E-state index is 5.28. The summed E-state index contributed by atoms with van der Waals surface area (Å²) in [6.45, 7) is 28.3. The summed E-state index contributed by atoms with van der Waals surface area (Å²) in [5.41, 5.74) is 23.9. The molecule has 3 aliphatic heterocycles. The first kappa shape index (κ1) is 43.1. The molecule has 0 saturated carbocycles. The number of rotatable bonds is 1. The highest BCUT2D eigenvalue weighted by Crippen LogP contribution is 2.55. The molecule has 11 aromatic rings. The standard InChI is InChI=1S/C65H59BN4S/c1-62(2,3)38-22-25-50-45(30-38)46-31-40(64(7,8)9)32-47-59(46)68(50)54-28-37(36-21-24-43-42-17-13-14-18-44(42)61-67-49-19-15-16-20-51(49)70(61)53(43)27-36)29-55-58(54)66(47)48-33-41(65(10,11)12)35-57-60(48)69(55)52-26-23-39(63(4,5)6)34-56(52)71-57/h13-35H,1-12H3. The number of benzene rings is 8. The fourth-order valence-corrected chi connectivity index (χ4v) is 13.5. The lowest BCUT2D eigenvalue weighted by Gasteiger charge is -2.45. The minimum Gasteiger partial charge on any atom is -0.310 e. The summed E-state index contributed by atoms with van der Waals surface area (Å²) in [4.78, 5) is 10.6. The quantitative estimate of drug-likeness (QED) is 0.121. The summed E-state index contributed by atoms with van der Waals surface area (Å²) < 4.78 is 5.06. The van der Waals surface area contributed by atoms with Crippen molar-refractivity contribution in [3.63, 3.8) is 0 Å². The molecule has 0 N–H and O–H groups in total. The van der Waals surface area contributed by atoms with Crippen molar-refractivity contribution in [3.8, 4) is 16.8 Å². The van der Waals surface area contributed by atoms with Gasteiger partial charge in [-0.1, -0.05) is 168 Å². The summed E-state index contributed by atoms with van der Waals surface area (Å²) >= 11 is 1.96. The van der Waals surface area contributed by atoms with Crippen LogP contribution in [-0.2, 0) is 21.7 Å². The number of nitrogens with zero attached hydrogens (tertiary/aromatic N) is 4. The van der Waals surface area contributed by atoms with E-state index in [0.717, 1.165) is 22.2 Å². The van der Waals surface area contributed by atoms with Crippen molar-refractivity contribution in [2.75, 3.05) is 4.90 Å². The minimum atomic E-state index is -0.0615. The van der Waals surface area contributed by atoms with Crippen molar-refractivity contribution in [2.24, 2.45) is 0 Å². The SMILES string of the molecule is CC(C)(C)c1ccc2c(c1)Sc1cc(C(C)(C)C)cc3c1N2c1cc(-c2ccc4c5ccccc5c5nc6ccccc6n5c4c2)cc2c1B3c1cc(C(C)(C)C)cc3c4cc(C(C)(C)C)ccc4n-2c13. The maximum Gasteiger partial charge on any atom is 0.252 e.